The maximum atomic E-state index is 12.5. The second kappa shape index (κ2) is 7.99. The largest absolute Gasteiger partial charge is 0.480 e. The van der Waals surface area contributed by atoms with Gasteiger partial charge in [-0.2, -0.15) is 0 Å². The predicted molar refractivity (Wildman–Crippen MR) is 89.4 cm³/mol. The van der Waals surface area contributed by atoms with Crippen LogP contribution in [-0.4, -0.2) is 64.7 Å². The van der Waals surface area contributed by atoms with E-state index in [1.165, 1.54) is 6.42 Å². The molecular weight excluding hydrogens is 294 g/mol. The van der Waals surface area contributed by atoms with Gasteiger partial charge in [0.1, 0.15) is 0 Å². The molecule has 0 aromatic carbocycles. The van der Waals surface area contributed by atoms with Crippen LogP contribution in [0.1, 0.15) is 52.9 Å². The summed E-state index contributed by atoms with van der Waals surface area (Å²) in [6, 6.07) is 0.835. The highest BCUT2D eigenvalue weighted by Crippen LogP contribution is 2.27. The molecule has 2 rings (SSSR count). The van der Waals surface area contributed by atoms with Gasteiger partial charge in [0.05, 0.1) is 6.54 Å². The lowest BCUT2D eigenvalue weighted by atomic mass is 9.85. The number of aliphatic carboxylic acids is 1. The van der Waals surface area contributed by atoms with Gasteiger partial charge in [-0.05, 0) is 45.1 Å². The number of amides is 2. The predicted octanol–water partition coefficient (Wildman–Crippen LogP) is 2.14. The van der Waals surface area contributed by atoms with Gasteiger partial charge in [0, 0.05) is 24.7 Å². The van der Waals surface area contributed by atoms with Crippen LogP contribution in [0.2, 0.25) is 0 Å². The lowest BCUT2D eigenvalue weighted by Crippen LogP contribution is -2.58. The summed E-state index contributed by atoms with van der Waals surface area (Å²) in [5.41, 5.74) is 0. The zero-order chi connectivity index (χ0) is 17.0. The Balaban J connectivity index is 1.78. The van der Waals surface area contributed by atoms with Crippen molar-refractivity contribution in [1.29, 1.82) is 0 Å². The van der Waals surface area contributed by atoms with Gasteiger partial charge in [-0.15, -0.1) is 0 Å². The molecule has 2 N–H and O–H groups in total. The number of carbonyl (C=O) groups excluding carboxylic acids is 1. The molecule has 0 unspecified atom stereocenters. The normalized spacial score (nSPS) is 30.9. The maximum Gasteiger partial charge on any atom is 0.317 e. The topological polar surface area (TPSA) is 72.9 Å². The second-order valence-corrected chi connectivity index (χ2v) is 7.08. The zero-order valence-electron chi connectivity index (χ0n) is 14.6. The Bertz CT molecular complexity index is 423. The molecule has 0 spiro atoms. The van der Waals surface area contributed by atoms with Crippen molar-refractivity contribution in [3.63, 3.8) is 0 Å². The van der Waals surface area contributed by atoms with Crippen LogP contribution in [0, 0.1) is 5.92 Å². The molecule has 6 heteroatoms. The van der Waals surface area contributed by atoms with Crippen LogP contribution < -0.4 is 5.32 Å². The quantitative estimate of drug-likeness (QED) is 0.785. The molecule has 1 saturated heterocycles. The van der Waals surface area contributed by atoms with E-state index in [0.717, 1.165) is 38.8 Å². The molecule has 1 aliphatic carbocycles. The van der Waals surface area contributed by atoms with Crippen molar-refractivity contribution in [2.75, 3.05) is 19.6 Å². The van der Waals surface area contributed by atoms with Crippen molar-refractivity contribution in [3.05, 3.63) is 0 Å². The highest BCUT2D eigenvalue weighted by Gasteiger charge is 2.36. The zero-order valence-corrected chi connectivity index (χ0v) is 14.6. The first-order valence-corrected chi connectivity index (χ1v) is 8.97. The minimum Gasteiger partial charge on any atom is -0.480 e. The molecule has 1 saturated carbocycles. The van der Waals surface area contributed by atoms with E-state index < -0.39 is 5.97 Å². The highest BCUT2D eigenvalue weighted by atomic mass is 16.4. The molecule has 0 bridgehead atoms. The van der Waals surface area contributed by atoms with E-state index in [-0.39, 0.29) is 24.7 Å². The number of hydrogen-bond donors (Lipinski definition) is 2. The first-order valence-electron chi connectivity index (χ1n) is 8.97. The van der Waals surface area contributed by atoms with E-state index in [9.17, 15) is 9.59 Å². The smallest absolute Gasteiger partial charge is 0.317 e. The Kier molecular flexibility index (Phi) is 6.27. The van der Waals surface area contributed by atoms with Gasteiger partial charge < -0.3 is 15.3 Å². The first-order chi connectivity index (χ1) is 10.9. The van der Waals surface area contributed by atoms with Gasteiger partial charge in [0.2, 0.25) is 0 Å². The molecule has 1 heterocycles. The number of piperidine rings is 1. The number of carboxylic acid groups (broad SMARTS) is 1. The van der Waals surface area contributed by atoms with Crippen LogP contribution in [0.5, 0.6) is 0 Å². The molecule has 2 amide bonds. The summed E-state index contributed by atoms with van der Waals surface area (Å²) < 4.78 is 0. The molecule has 6 nitrogen and oxygen atoms in total. The van der Waals surface area contributed by atoms with Crippen LogP contribution >= 0.6 is 0 Å². The van der Waals surface area contributed by atoms with Gasteiger partial charge in [0.25, 0.3) is 0 Å². The van der Waals surface area contributed by atoms with Gasteiger partial charge in [-0.25, -0.2) is 4.79 Å². The van der Waals surface area contributed by atoms with Gasteiger partial charge in [-0.1, -0.05) is 20.3 Å². The van der Waals surface area contributed by atoms with Crippen molar-refractivity contribution in [3.8, 4) is 0 Å². The highest BCUT2D eigenvalue weighted by molar-refractivity contribution is 5.75. The number of carbonyl (C=O) groups is 2. The Labute approximate surface area is 139 Å². The van der Waals surface area contributed by atoms with E-state index >= 15 is 0 Å². The molecule has 1 aliphatic heterocycles. The molecule has 0 aromatic rings. The van der Waals surface area contributed by atoms with Gasteiger partial charge >= 0.3 is 12.0 Å². The number of urea groups is 1. The molecule has 23 heavy (non-hydrogen) atoms. The van der Waals surface area contributed by atoms with Crippen molar-refractivity contribution in [2.45, 2.75) is 71.0 Å². The number of likely N-dealkylation sites (tertiary alicyclic amines) is 1. The number of nitrogens with zero attached hydrogens (tertiary/aromatic N) is 2. The molecule has 0 radical (unpaired) electrons. The Morgan fingerprint density at radius 1 is 1.26 bits per heavy atom. The van der Waals surface area contributed by atoms with E-state index in [1.54, 1.807) is 0 Å². The average molecular weight is 325 g/mol. The fourth-order valence-corrected chi connectivity index (χ4v) is 3.73. The van der Waals surface area contributed by atoms with Crippen molar-refractivity contribution in [1.82, 2.24) is 15.1 Å². The Hall–Kier alpha value is -1.30. The second-order valence-electron chi connectivity index (χ2n) is 7.08. The van der Waals surface area contributed by atoms with Gasteiger partial charge in [0.15, 0.2) is 0 Å². The van der Waals surface area contributed by atoms with Crippen LogP contribution in [0.15, 0.2) is 0 Å². The summed E-state index contributed by atoms with van der Waals surface area (Å²) in [6.07, 6.45) is 5.14. The summed E-state index contributed by atoms with van der Waals surface area (Å²) in [6.45, 7) is 7.98. The third-order valence-corrected chi connectivity index (χ3v) is 5.52. The number of nitrogens with one attached hydrogen (secondary N) is 1. The number of hydrogen-bond acceptors (Lipinski definition) is 3. The lowest BCUT2D eigenvalue weighted by Gasteiger charge is -2.44. The van der Waals surface area contributed by atoms with Crippen LogP contribution in [0.4, 0.5) is 4.79 Å². The minimum absolute atomic E-state index is 0.0559. The molecule has 0 aromatic heterocycles. The number of carboxylic acids is 1. The number of rotatable bonds is 6. The maximum absolute atomic E-state index is 12.5. The lowest BCUT2D eigenvalue weighted by molar-refractivity contribution is -0.139. The van der Waals surface area contributed by atoms with E-state index in [2.05, 4.69) is 19.2 Å². The summed E-state index contributed by atoms with van der Waals surface area (Å²) in [5.74, 6) is -0.163. The Morgan fingerprint density at radius 3 is 2.52 bits per heavy atom. The Morgan fingerprint density at radius 2 is 1.96 bits per heavy atom. The number of likely N-dealkylation sites (N-methyl/N-ethyl adjacent to an activating group) is 1. The molecule has 2 fully saturated rings. The molecule has 2 atom stereocenters. The van der Waals surface area contributed by atoms with E-state index in [1.807, 2.05) is 16.7 Å². The average Bonchev–Trinajstić information content (AvgIpc) is 2.48. The molecule has 2 aliphatic rings. The van der Waals surface area contributed by atoms with Crippen molar-refractivity contribution >= 4 is 12.0 Å². The summed E-state index contributed by atoms with van der Waals surface area (Å²) >= 11 is 0. The monoisotopic (exact) mass is 325 g/mol. The van der Waals surface area contributed by atoms with Crippen LogP contribution in [0.25, 0.3) is 0 Å². The van der Waals surface area contributed by atoms with Crippen molar-refractivity contribution < 1.29 is 14.7 Å². The SMILES string of the molecule is CC[C@@H]1CC[C@H](C)N(C(=O)NC2CC(N(CC)CC(=O)O)C2)C1. The summed E-state index contributed by atoms with van der Waals surface area (Å²) in [7, 11) is 0. The van der Waals surface area contributed by atoms with Crippen molar-refractivity contribution in [2.24, 2.45) is 5.92 Å². The van der Waals surface area contributed by atoms with Crippen LogP contribution in [-0.2, 0) is 4.79 Å². The first kappa shape index (κ1) is 18.0. The van der Waals surface area contributed by atoms with E-state index in [0.29, 0.717) is 12.0 Å². The van der Waals surface area contributed by atoms with E-state index in [4.69, 9.17) is 5.11 Å². The summed E-state index contributed by atoms with van der Waals surface area (Å²) in [5, 5.41) is 12.1. The third kappa shape index (κ3) is 4.59. The fraction of sp³-hybridized carbons (Fsp3) is 0.882. The minimum atomic E-state index is -0.785. The third-order valence-electron chi connectivity index (χ3n) is 5.52. The van der Waals surface area contributed by atoms with Gasteiger partial charge in [-0.3, -0.25) is 9.69 Å². The molecular formula is C17H31N3O3. The summed E-state index contributed by atoms with van der Waals surface area (Å²) in [4.78, 5) is 27.3. The molecule has 132 valence electrons. The standard InChI is InChI=1S/C17H31N3O3/c1-4-13-7-6-12(3)20(10-13)17(23)18-14-8-15(9-14)19(5-2)11-16(21)22/h12-15H,4-11H2,1-3H3,(H,18,23)(H,21,22)/t12-,13+,14?,15?/m0/s1. The van der Waals surface area contributed by atoms with Crippen LogP contribution in [0.3, 0.4) is 0 Å². The fourth-order valence-electron chi connectivity index (χ4n) is 3.73.